The molecule has 0 unspecified atom stereocenters. The Labute approximate surface area is 107 Å². The Bertz CT molecular complexity index is 441. The minimum Gasteiger partial charge on any atom is -0.388 e. The third-order valence-corrected chi connectivity index (χ3v) is 3.82. The van der Waals surface area contributed by atoms with E-state index >= 15 is 0 Å². The summed E-state index contributed by atoms with van der Waals surface area (Å²) in [5.74, 6) is 3.11. The van der Waals surface area contributed by atoms with Gasteiger partial charge in [-0.3, -0.25) is 0 Å². The highest BCUT2D eigenvalue weighted by atomic mass is 16.3. The van der Waals surface area contributed by atoms with E-state index in [-0.39, 0.29) is 0 Å². The number of aromatic nitrogens is 2. The molecule has 0 saturated heterocycles. The monoisotopic (exact) mass is 248 g/mol. The van der Waals surface area contributed by atoms with E-state index in [2.05, 4.69) is 20.6 Å². The molecule has 0 aromatic carbocycles. The Morgan fingerprint density at radius 3 is 2.61 bits per heavy atom. The third-order valence-electron chi connectivity index (χ3n) is 3.82. The van der Waals surface area contributed by atoms with Gasteiger partial charge in [-0.2, -0.15) is 0 Å². The first-order valence-electron chi connectivity index (χ1n) is 6.71. The van der Waals surface area contributed by atoms with E-state index < -0.39 is 5.60 Å². The lowest BCUT2D eigenvalue weighted by atomic mass is 9.80. The second-order valence-corrected chi connectivity index (χ2v) is 5.45. The molecule has 98 valence electrons. The normalized spacial score (nSPS) is 21.2. The minimum atomic E-state index is -0.523. The fourth-order valence-electron chi connectivity index (χ4n) is 2.23. The minimum absolute atomic E-state index is 0.523. The van der Waals surface area contributed by atoms with Gasteiger partial charge in [-0.05, 0) is 32.1 Å². The van der Waals surface area contributed by atoms with Gasteiger partial charge in [0.2, 0.25) is 0 Å². The topological polar surface area (TPSA) is 70.1 Å². The fourth-order valence-corrected chi connectivity index (χ4v) is 2.23. The van der Waals surface area contributed by atoms with E-state index in [9.17, 15) is 5.11 Å². The molecule has 0 aliphatic heterocycles. The molecule has 2 saturated carbocycles. The summed E-state index contributed by atoms with van der Waals surface area (Å²) >= 11 is 0. The Morgan fingerprint density at radius 1 is 1.33 bits per heavy atom. The molecule has 5 nitrogen and oxygen atoms in total. The summed E-state index contributed by atoms with van der Waals surface area (Å²) in [5.41, 5.74) is -0.523. The van der Waals surface area contributed by atoms with Crippen LogP contribution in [-0.4, -0.2) is 34.3 Å². The van der Waals surface area contributed by atoms with Crippen molar-refractivity contribution >= 4 is 11.6 Å². The quantitative estimate of drug-likeness (QED) is 0.740. The number of anilines is 2. The molecule has 3 N–H and O–H groups in total. The molecule has 5 heteroatoms. The summed E-state index contributed by atoms with van der Waals surface area (Å²) in [4.78, 5) is 9.00. The van der Waals surface area contributed by atoms with Crippen LogP contribution >= 0.6 is 0 Å². The Balaban J connectivity index is 1.71. The van der Waals surface area contributed by atoms with Crippen LogP contribution in [0, 0.1) is 0 Å². The van der Waals surface area contributed by atoms with Gasteiger partial charge in [-0.15, -0.1) is 0 Å². The van der Waals surface area contributed by atoms with Crippen molar-refractivity contribution in [2.24, 2.45) is 0 Å². The lowest BCUT2D eigenvalue weighted by Crippen LogP contribution is -2.43. The molecule has 1 aromatic heterocycles. The van der Waals surface area contributed by atoms with Crippen molar-refractivity contribution in [3.05, 3.63) is 11.9 Å². The van der Waals surface area contributed by atoms with Crippen LogP contribution in [-0.2, 0) is 0 Å². The van der Waals surface area contributed by atoms with Crippen LogP contribution in [0.25, 0.3) is 0 Å². The molecule has 0 spiro atoms. The van der Waals surface area contributed by atoms with Crippen molar-refractivity contribution in [1.82, 2.24) is 9.97 Å². The third kappa shape index (κ3) is 2.41. The number of hydrogen-bond acceptors (Lipinski definition) is 5. The maximum absolute atomic E-state index is 10.1. The molecule has 1 aromatic rings. The molecule has 2 aliphatic carbocycles. The van der Waals surface area contributed by atoms with Crippen LogP contribution in [0.1, 0.15) is 43.8 Å². The van der Waals surface area contributed by atoms with Crippen molar-refractivity contribution in [1.29, 1.82) is 0 Å². The highest BCUT2D eigenvalue weighted by molar-refractivity contribution is 5.48. The summed E-state index contributed by atoms with van der Waals surface area (Å²) in [6.45, 7) is 0.581. The van der Waals surface area contributed by atoms with Crippen LogP contribution in [0.2, 0.25) is 0 Å². The number of hydrogen-bond donors (Lipinski definition) is 3. The van der Waals surface area contributed by atoms with Crippen molar-refractivity contribution < 1.29 is 5.11 Å². The summed E-state index contributed by atoms with van der Waals surface area (Å²) in [6, 6.07) is 1.90. The lowest BCUT2D eigenvalue weighted by molar-refractivity contribution is -0.0202. The lowest BCUT2D eigenvalue weighted by Gasteiger charge is -2.36. The molecule has 18 heavy (non-hydrogen) atoms. The van der Waals surface area contributed by atoms with E-state index in [0.29, 0.717) is 12.5 Å². The Morgan fingerprint density at radius 2 is 2.06 bits per heavy atom. The molecular formula is C13H20N4O. The van der Waals surface area contributed by atoms with E-state index in [0.717, 1.165) is 36.7 Å². The van der Waals surface area contributed by atoms with Crippen molar-refractivity contribution in [2.45, 2.75) is 43.6 Å². The number of rotatable bonds is 5. The zero-order valence-electron chi connectivity index (χ0n) is 10.7. The van der Waals surface area contributed by atoms with E-state index in [1.54, 1.807) is 0 Å². The number of aliphatic hydroxyl groups is 1. The number of nitrogens with zero attached hydrogens (tertiary/aromatic N) is 2. The van der Waals surface area contributed by atoms with E-state index in [1.807, 2.05) is 13.1 Å². The zero-order chi connectivity index (χ0) is 12.6. The smallest absolute Gasteiger partial charge is 0.136 e. The maximum atomic E-state index is 10.1. The first kappa shape index (κ1) is 11.7. The van der Waals surface area contributed by atoms with Crippen LogP contribution in [0.3, 0.4) is 0 Å². The van der Waals surface area contributed by atoms with Crippen molar-refractivity contribution in [3.8, 4) is 0 Å². The first-order valence-corrected chi connectivity index (χ1v) is 6.71. The summed E-state index contributed by atoms with van der Waals surface area (Å²) in [5, 5.41) is 16.4. The highest BCUT2D eigenvalue weighted by Crippen LogP contribution is 2.39. The van der Waals surface area contributed by atoms with Gasteiger partial charge in [0.15, 0.2) is 0 Å². The predicted octanol–water partition coefficient (Wildman–Crippen LogP) is 1.72. The SMILES string of the molecule is CNc1cc(NCC2(O)CCC2)nc(C2CC2)n1. The highest BCUT2D eigenvalue weighted by Gasteiger charge is 2.34. The molecule has 0 atom stereocenters. The zero-order valence-corrected chi connectivity index (χ0v) is 10.7. The molecule has 0 amide bonds. The second-order valence-electron chi connectivity index (χ2n) is 5.45. The van der Waals surface area contributed by atoms with Gasteiger partial charge >= 0.3 is 0 Å². The molecule has 2 aliphatic rings. The Hall–Kier alpha value is -1.36. The van der Waals surface area contributed by atoms with Gasteiger partial charge in [0.1, 0.15) is 17.5 Å². The summed E-state index contributed by atoms with van der Waals surface area (Å²) in [6.07, 6.45) is 5.28. The van der Waals surface area contributed by atoms with Gasteiger partial charge in [-0.1, -0.05) is 0 Å². The van der Waals surface area contributed by atoms with Gasteiger partial charge in [-0.25, -0.2) is 9.97 Å². The van der Waals surface area contributed by atoms with Crippen LogP contribution in [0.15, 0.2) is 6.07 Å². The van der Waals surface area contributed by atoms with Crippen LogP contribution in [0.4, 0.5) is 11.6 Å². The molecule has 3 rings (SSSR count). The second kappa shape index (κ2) is 4.39. The van der Waals surface area contributed by atoms with Crippen LogP contribution in [0.5, 0.6) is 0 Å². The molecule has 0 bridgehead atoms. The van der Waals surface area contributed by atoms with Gasteiger partial charge in [0.25, 0.3) is 0 Å². The average molecular weight is 248 g/mol. The summed E-state index contributed by atoms with van der Waals surface area (Å²) < 4.78 is 0. The van der Waals surface area contributed by atoms with Gasteiger partial charge in [0.05, 0.1) is 5.60 Å². The summed E-state index contributed by atoms with van der Waals surface area (Å²) in [7, 11) is 1.86. The predicted molar refractivity (Wildman–Crippen MR) is 70.8 cm³/mol. The first-order chi connectivity index (χ1) is 8.68. The average Bonchev–Trinajstić information content (AvgIpc) is 3.18. The molecule has 2 fully saturated rings. The van der Waals surface area contributed by atoms with Gasteiger partial charge in [0, 0.05) is 25.6 Å². The Kier molecular flexibility index (Phi) is 2.86. The number of nitrogens with one attached hydrogen (secondary N) is 2. The van der Waals surface area contributed by atoms with Crippen molar-refractivity contribution in [2.75, 3.05) is 24.2 Å². The fraction of sp³-hybridized carbons (Fsp3) is 0.692. The molecular weight excluding hydrogens is 228 g/mol. The van der Waals surface area contributed by atoms with E-state index in [4.69, 9.17) is 0 Å². The van der Waals surface area contributed by atoms with Gasteiger partial charge < -0.3 is 15.7 Å². The molecule has 1 heterocycles. The molecule has 0 radical (unpaired) electrons. The largest absolute Gasteiger partial charge is 0.388 e. The standard InChI is InChI=1S/C13H20N4O/c1-14-10-7-11(15-8-13(18)5-2-6-13)17-12(16-10)9-3-4-9/h7,9,18H,2-6,8H2,1H3,(H2,14,15,16,17). The van der Waals surface area contributed by atoms with Crippen molar-refractivity contribution in [3.63, 3.8) is 0 Å². The maximum Gasteiger partial charge on any atom is 0.136 e. The van der Waals surface area contributed by atoms with Crippen LogP contribution < -0.4 is 10.6 Å². The van der Waals surface area contributed by atoms with E-state index in [1.165, 1.54) is 12.8 Å².